The molecule has 0 spiro atoms. The van der Waals surface area contributed by atoms with E-state index in [9.17, 15) is 9.18 Å². The Kier molecular flexibility index (Phi) is 4.05. The summed E-state index contributed by atoms with van der Waals surface area (Å²) in [5, 5.41) is 8.60. The van der Waals surface area contributed by atoms with Crippen LogP contribution in [0, 0.1) is 5.82 Å². The van der Waals surface area contributed by atoms with E-state index in [1.165, 1.54) is 12.1 Å². The molecular formula is C12H14FNO2. The average Bonchev–Trinajstić information content (AvgIpc) is 2.21. The van der Waals surface area contributed by atoms with E-state index in [0.717, 1.165) is 11.6 Å². The lowest BCUT2D eigenvalue weighted by atomic mass is 9.93. The molecule has 0 aliphatic rings. The van der Waals surface area contributed by atoms with Crippen LogP contribution in [-0.2, 0) is 4.79 Å². The maximum absolute atomic E-state index is 12.7. The van der Waals surface area contributed by atoms with Gasteiger partial charge in [-0.15, -0.1) is 0 Å². The Hall–Kier alpha value is -1.84. The number of carboxylic acids is 1. The molecule has 0 bridgehead atoms. The predicted molar refractivity (Wildman–Crippen MR) is 59.3 cm³/mol. The topological polar surface area (TPSA) is 63.3 Å². The van der Waals surface area contributed by atoms with E-state index in [1.807, 2.05) is 6.92 Å². The molecule has 1 atom stereocenters. The first-order chi connectivity index (χ1) is 7.54. The highest BCUT2D eigenvalue weighted by Gasteiger charge is 2.13. The number of hydrogen-bond donors (Lipinski definition) is 2. The molecule has 0 aromatic heterocycles. The van der Waals surface area contributed by atoms with Crippen LogP contribution < -0.4 is 5.73 Å². The smallest absolute Gasteiger partial charge is 0.330 e. The second-order valence-corrected chi connectivity index (χ2v) is 3.49. The van der Waals surface area contributed by atoms with E-state index < -0.39 is 5.97 Å². The number of carboxylic acid groups (broad SMARTS) is 1. The molecule has 1 unspecified atom stereocenters. The lowest BCUT2D eigenvalue weighted by Crippen LogP contribution is -2.11. The third-order valence-electron chi connectivity index (χ3n) is 2.37. The monoisotopic (exact) mass is 223 g/mol. The molecule has 0 radical (unpaired) electrons. The Balaban J connectivity index is 2.98. The maximum atomic E-state index is 12.7. The summed E-state index contributed by atoms with van der Waals surface area (Å²) >= 11 is 0. The molecule has 4 heteroatoms. The average molecular weight is 223 g/mol. The number of carbonyl (C=O) groups is 1. The van der Waals surface area contributed by atoms with Crippen molar-refractivity contribution in [1.82, 2.24) is 0 Å². The van der Waals surface area contributed by atoms with E-state index >= 15 is 0 Å². The van der Waals surface area contributed by atoms with Gasteiger partial charge in [0.15, 0.2) is 0 Å². The standard InChI is InChI=1S/C12H14FNO2/c1-2-10(11(14)7-12(15)16)8-3-5-9(13)6-4-8/h3-7,10H,2,14H2,1H3,(H,15,16). The molecule has 0 saturated carbocycles. The largest absolute Gasteiger partial charge is 0.478 e. The van der Waals surface area contributed by atoms with Gasteiger partial charge in [-0.1, -0.05) is 19.1 Å². The minimum absolute atomic E-state index is 0.184. The van der Waals surface area contributed by atoms with Gasteiger partial charge < -0.3 is 10.8 Å². The molecule has 0 aliphatic heterocycles. The Bertz CT molecular complexity index is 398. The van der Waals surface area contributed by atoms with Crippen molar-refractivity contribution in [1.29, 1.82) is 0 Å². The van der Waals surface area contributed by atoms with Crippen molar-refractivity contribution in [2.75, 3.05) is 0 Å². The number of allylic oxidation sites excluding steroid dienone is 1. The van der Waals surface area contributed by atoms with Crippen LogP contribution in [0.5, 0.6) is 0 Å². The van der Waals surface area contributed by atoms with Crippen LogP contribution in [0.15, 0.2) is 36.0 Å². The van der Waals surface area contributed by atoms with Gasteiger partial charge in [0, 0.05) is 17.7 Å². The fourth-order valence-corrected chi connectivity index (χ4v) is 1.60. The van der Waals surface area contributed by atoms with Gasteiger partial charge in [0.1, 0.15) is 5.82 Å². The number of nitrogens with two attached hydrogens (primary N) is 1. The van der Waals surface area contributed by atoms with Crippen molar-refractivity contribution < 1.29 is 14.3 Å². The summed E-state index contributed by atoms with van der Waals surface area (Å²) in [5.41, 5.74) is 6.78. The fourth-order valence-electron chi connectivity index (χ4n) is 1.60. The molecule has 0 aliphatic carbocycles. The van der Waals surface area contributed by atoms with Crippen LogP contribution in [0.2, 0.25) is 0 Å². The van der Waals surface area contributed by atoms with Crippen molar-refractivity contribution >= 4 is 5.97 Å². The summed E-state index contributed by atoms with van der Waals surface area (Å²) in [4.78, 5) is 10.5. The first-order valence-corrected chi connectivity index (χ1v) is 5.00. The molecule has 1 aromatic rings. The van der Waals surface area contributed by atoms with E-state index in [-0.39, 0.29) is 17.4 Å². The highest BCUT2D eigenvalue weighted by Crippen LogP contribution is 2.24. The van der Waals surface area contributed by atoms with Crippen LogP contribution in [0.3, 0.4) is 0 Å². The van der Waals surface area contributed by atoms with Crippen molar-refractivity contribution in [3.05, 3.63) is 47.4 Å². The van der Waals surface area contributed by atoms with Gasteiger partial charge in [0.05, 0.1) is 0 Å². The Morgan fingerprint density at radius 3 is 2.50 bits per heavy atom. The summed E-state index contributed by atoms with van der Waals surface area (Å²) in [6.45, 7) is 1.90. The molecule has 0 saturated heterocycles. The van der Waals surface area contributed by atoms with E-state index in [1.54, 1.807) is 12.1 Å². The first kappa shape index (κ1) is 12.2. The highest BCUT2D eigenvalue weighted by atomic mass is 19.1. The lowest BCUT2D eigenvalue weighted by Gasteiger charge is -2.15. The zero-order valence-corrected chi connectivity index (χ0v) is 8.98. The number of benzene rings is 1. The second kappa shape index (κ2) is 5.30. The van der Waals surface area contributed by atoms with Gasteiger partial charge in [-0.2, -0.15) is 0 Å². The van der Waals surface area contributed by atoms with Gasteiger partial charge in [-0.05, 0) is 24.1 Å². The lowest BCUT2D eigenvalue weighted by molar-refractivity contribution is -0.131. The first-order valence-electron chi connectivity index (χ1n) is 5.00. The summed E-state index contributed by atoms with van der Waals surface area (Å²) in [5.74, 6) is -1.57. The molecule has 1 aromatic carbocycles. The molecule has 16 heavy (non-hydrogen) atoms. The number of rotatable bonds is 4. The van der Waals surface area contributed by atoms with Crippen molar-refractivity contribution in [2.45, 2.75) is 19.3 Å². The molecule has 1 rings (SSSR count). The zero-order chi connectivity index (χ0) is 12.1. The molecule has 3 N–H and O–H groups in total. The summed E-state index contributed by atoms with van der Waals surface area (Å²) < 4.78 is 12.7. The molecular weight excluding hydrogens is 209 g/mol. The minimum atomic E-state index is -1.07. The number of aliphatic carboxylic acids is 1. The third-order valence-corrected chi connectivity index (χ3v) is 2.37. The normalized spacial score (nSPS) is 13.5. The molecule has 0 amide bonds. The molecule has 86 valence electrons. The van der Waals surface area contributed by atoms with Gasteiger partial charge in [0.2, 0.25) is 0 Å². The zero-order valence-electron chi connectivity index (χ0n) is 8.98. The molecule has 0 heterocycles. The number of hydrogen-bond acceptors (Lipinski definition) is 2. The number of halogens is 1. The van der Waals surface area contributed by atoms with E-state index in [4.69, 9.17) is 10.8 Å². The van der Waals surface area contributed by atoms with Gasteiger partial charge in [-0.25, -0.2) is 9.18 Å². The third kappa shape index (κ3) is 3.08. The van der Waals surface area contributed by atoms with Crippen LogP contribution >= 0.6 is 0 Å². The predicted octanol–water partition coefficient (Wildman–Crippen LogP) is 2.25. The minimum Gasteiger partial charge on any atom is -0.478 e. The second-order valence-electron chi connectivity index (χ2n) is 3.49. The quantitative estimate of drug-likeness (QED) is 0.769. The molecule has 3 nitrogen and oxygen atoms in total. The van der Waals surface area contributed by atoms with Crippen molar-refractivity contribution in [3.63, 3.8) is 0 Å². The maximum Gasteiger partial charge on any atom is 0.330 e. The van der Waals surface area contributed by atoms with Crippen molar-refractivity contribution in [2.24, 2.45) is 5.73 Å². The Labute approximate surface area is 93.4 Å². The van der Waals surface area contributed by atoms with Gasteiger partial charge in [0.25, 0.3) is 0 Å². The highest BCUT2D eigenvalue weighted by molar-refractivity contribution is 5.80. The van der Waals surface area contributed by atoms with E-state index in [2.05, 4.69) is 0 Å². The van der Waals surface area contributed by atoms with Crippen LogP contribution in [0.1, 0.15) is 24.8 Å². The van der Waals surface area contributed by atoms with Crippen LogP contribution in [0.25, 0.3) is 0 Å². The SMILES string of the molecule is CCC(C(N)=CC(=O)O)c1ccc(F)cc1. The summed E-state index contributed by atoms with van der Waals surface area (Å²) in [6.07, 6.45) is 1.65. The summed E-state index contributed by atoms with van der Waals surface area (Å²) in [6, 6.07) is 5.91. The Morgan fingerprint density at radius 2 is 2.06 bits per heavy atom. The summed E-state index contributed by atoms with van der Waals surface area (Å²) in [7, 11) is 0. The van der Waals surface area contributed by atoms with Gasteiger partial charge >= 0.3 is 5.97 Å². The van der Waals surface area contributed by atoms with Gasteiger partial charge in [-0.3, -0.25) is 0 Å². The van der Waals surface area contributed by atoms with E-state index in [0.29, 0.717) is 6.42 Å². The molecule has 0 fully saturated rings. The van der Waals surface area contributed by atoms with Crippen LogP contribution in [0.4, 0.5) is 4.39 Å². The Morgan fingerprint density at radius 1 is 1.50 bits per heavy atom. The van der Waals surface area contributed by atoms with Crippen LogP contribution in [-0.4, -0.2) is 11.1 Å². The fraction of sp³-hybridized carbons (Fsp3) is 0.250. The van der Waals surface area contributed by atoms with Crippen molar-refractivity contribution in [3.8, 4) is 0 Å².